The second-order valence-corrected chi connectivity index (χ2v) is 7.70. The number of benzene rings is 2. The molecule has 0 bridgehead atoms. The fourth-order valence-electron chi connectivity index (χ4n) is 3.91. The van der Waals surface area contributed by atoms with Crippen LogP contribution in [0.1, 0.15) is 12.8 Å². The van der Waals surface area contributed by atoms with Crippen molar-refractivity contribution in [2.75, 3.05) is 23.3 Å². The molecule has 1 atom stereocenters. The Morgan fingerprint density at radius 2 is 1.88 bits per heavy atom. The Bertz CT molecular complexity index is 1180. The van der Waals surface area contributed by atoms with Gasteiger partial charge in [0.15, 0.2) is 0 Å². The maximum Gasteiger partial charge on any atom is 0.229 e. The topological polar surface area (TPSA) is 102 Å². The maximum atomic E-state index is 12.9. The average molecular weight is 426 g/mol. The summed E-state index contributed by atoms with van der Waals surface area (Å²) in [6.07, 6.45) is 4.90. The van der Waals surface area contributed by atoms with E-state index in [4.69, 9.17) is 0 Å². The summed E-state index contributed by atoms with van der Waals surface area (Å²) >= 11 is 0. The summed E-state index contributed by atoms with van der Waals surface area (Å²) in [6, 6.07) is 19.5. The van der Waals surface area contributed by atoms with Gasteiger partial charge < -0.3 is 10.2 Å². The van der Waals surface area contributed by atoms with Gasteiger partial charge >= 0.3 is 0 Å². The fraction of sp³-hybridized carbons (Fsp3) is 0.217. The first kappa shape index (κ1) is 19.8. The molecule has 0 radical (unpaired) electrons. The average Bonchev–Trinajstić information content (AvgIpc) is 3.40. The Hall–Kier alpha value is -4.14. The molecule has 4 aromatic rings. The van der Waals surface area contributed by atoms with E-state index < -0.39 is 0 Å². The van der Waals surface area contributed by atoms with Crippen LogP contribution in [0.3, 0.4) is 0 Å². The highest BCUT2D eigenvalue weighted by Crippen LogP contribution is 2.26. The molecule has 1 N–H and O–H groups in total. The maximum absolute atomic E-state index is 12.9. The summed E-state index contributed by atoms with van der Waals surface area (Å²) < 4.78 is 1.57. The Morgan fingerprint density at radius 1 is 1.03 bits per heavy atom. The summed E-state index contributed by atoms with van der Waals surface area (Å²) in [5.74, 6) is 0.752. The number of aromatic nitrogens is 6. The SMILES string of the molecule is O=C(Nc1ccc(-n2cnnn2)cc1)C1CCCN(c2cc(-c3ccccc3)ncn2)C1. The zero-order valence-electron chi connectivity index (χ0n) is 17.4. The molecule has 1 amide bonds. The molecule has 9 nitrogen and oxygen atoms in total. The van der Waals surface area contributed by atoms with E-state index in [1.54, 1.807) is 11.0 Å². The van der Waals surface area contributed by atoms with E-state index in [0.717, 1.165) is 47.8 Å². The summed E-state index contributed by atoms with van der Waals surface area (Å²) in [5.41, 5.74) is 3.50. The number of tetrazole rings is 1. The number of nitrogens with zero attached hydrogens (tertiary/aromatic N) is 7. The number of amides is 1. The summed E-state index contributed by atoms with van der Waals surface area (Å²) in [6.45, 7) is 1.50. The second kappa shape index (κ2) is 8.93. The molecule has 1 saturated heterocycles. The van der Waals surface area contributed by atoms with Gasteiger partial charge in [0.05, 0.1) is 17.3 Å². The minimum atomic E-state index is -0.113. The van der Waals surface area contributed by atoms with Crippen molar-refractivity contribution < 1.29 is 4.79 Å². The van der Waals surface area contributed by atoms with Crippen LogP contribution in [-0.4, -0.2) is 49.2 Å². The highest BCUT2D eigenvalue weighted by Gasteiger charge is 2.27. The van der Waals surface area contributed by atoms with E-state index in [9.17, 15) is 4.79 Å². The van der Waals surface area contributed by atoms with E-state index in [1.807, 2.05) is 60.7 Å². The third kappa shape index (κ3) is 4.31. The van der Waals surface area contributed by atoms with Gasteiger partial charge in [0, 0.05) is 30.4 Å². The molecule has 0 saturated carbocycles. The molecule has 2 aromatic carbocycles. The van der Waals surface area contributed by atoms with E-state index >= 15 is 0 Å². The first-order chi connectivity index (χ1) is 15.8. The lowest BCUT2D eigenvalue weighted by molar-refractivity contribution is -0.120. The van der Waals surface area contributed by atoms with Crippen LogP contribution in [0.5, 0.6) is 0 Å². The molecule has 32 heavy (non-hydrogen) atoms. The zero-order chi connectivity index (χ0) is 21.8. The van der Waals surface area contributed by atoms with Crippen LogP contribution in [0.4, 0.5) is 11.5 Å². The van der Waals surface area contributed by atoms with Crippen LogP contribution in [-0.2, 0) is 4.79 Å². The van der Waals surface area contributed by atoms with Crippen LogP contribution >= 0.6 is 0 Å². The molecule has 5 rings (SSSR count). The monoisotopic (exact) mass is 426 g/mol. The number of anilines is 2. The van der Waals surface area contributed by atoms with Crippen LogP contribution in [0.25, 0.3) is 16.9 Å². The van der Waals surface area contributed by atoms with Crippen LogP contribution < -0.4 is 10.2 Å². The van der Waals surface area contributed by atoms with E-state index in [0.29, 0.717) is 6.54 Å². The smallest absolute Gasteiger partial charge is 0.229 e. The van der Waals surface area contributed by atoms with Crippen molar-refractivity contribution >= 4 is 17.4 Å². The van der Waals surface area contributed by atoms with Gasteiger partial charge in [-0.2, -0.15) is 0 Å². The van der Waals surface area contributed by atoms with E-state index in [1.165, 1.54) is 6.33 Å². The number of hydrogen-bond donors (Lipinski definition) is 1. The molecule has 1 fully saturated rings. The Labute approximate surface area is 185 Å². The predicted octanol–water partition coefficient (Wildman–Crippen LogP) is 2.97. The minimum absolute atomic E-state index is 0.0159. The lowest BCUT2D eigenvalue weighted by Gasteiger charge is -2.33. The number of carbonyl (C=O) groups is 1. The fourth-order valence-corrected chi connectivity index (χ4v) is 3.91. The van der Waals surface area contributed by atoms with Gasteiger partial charge in [-0.1, -0.05) is 30.3 Å². The largest absolute Gasteiger partial charge is 0.356 e. The Morgan fingerprint density at radius 3 is 2.66 bits per heavy atom. The van der Waals surface area contributed by atoms with Crippen molar-refractivity contribution in [2.24, 2.45) is 5.92 Å². The summed E-state index contributed by atoms with van der Waals surface area (Å²) in [7, 11) is 0. The third-order valence-electron chi connectivity index (χ3n) is 5.59. The molecule has 1 aliphatic heterocycles. The van der Waals surface area contributed by atoms with Gasteiger partial charge in [-0.25, -0.2) is 14.6 Å². The van der Waals surface area contributed by atoms with Crippen molar-refractivity contribution in [1.82, 2.24) is 30.2 Å². The highest BCUT2D eigenvalue weighted by atomic mass is 16.1. The van der Waals surface area contributed by atoms with Crippen LogP contribution in [0, 0.1) is 5.92 Å². The van der Waals surface area contributed by atoms with Crippen LogP contribution in [0.2, 0.25) is 0 Å². The molecule has 0 spiro atoms. The number of nitrogens with one attached hydrogen (secondary N) is 1. The molecule has 9 heteroatoms. The van der Waals surface area contributed by atoms with Gasteiger partial charge in [-0.15, -0.1) is 5.10 Å². The van der Waals surface area contributed by atoms with Gasteiger partial charge in [0.25, 0.3) is 0 Å². The molecule has 1 unspecified atom stereocenters. The number of carbonyl (C=O) groups excluding carboxylic acids is 1. The van der Waals surface area contributed by atoms with Crippen molar-refractivity contribution in [3.05, 3.63) is 73.3 Å². The molecule has 3 heterocycles. The van der Waals surface area contributed by atoms with Crippen molar-refractivity contribution in [1.29, 1.82) is 0 Å². The molecular formula is C23H22N8O. The zero-order valence-corrected chi connectivity index (χ0v) is 17.4. The molecule has 1 aliphatic rings. The third-order valence-corrected chi connectivity index (χ3v) is 5.59. The molecule has 0 aliphatic carbocycles. The number of hydrogen-bond acceptors (Lipinski definition) is 7. The first-order valence-corrected chi connectivity index (χ1v) is 10.5. The van der Waals surface area contributed by atoms with E-state index in [2.05, 4.69) is 35.7 Å². The van der Waals surface area contributed by atoms with Crippen molar-refractivity contribution in [3.8, 4) is 16.9 Å². The van der Waals surface area contributed by atoms with E-state index in [-0.39, 0.29) is 11.8 Å². The van der Waals surface area contributed by atoms with Gasteiger partial charge in [0.1, 0.15) is 18.5 Å². The van der Waals surface area contributed by atoms with Gasteiger partial charge in [-0.3, -0.25) is 4.79 Å². The minimum Gasteiger partial charge on any atom is -0.356 e. The summed E-state index contributed by atoms with van der Waals surface area (Å²) in [5, 5.41) is 14.2. The molecule has 160 valence electrons. The van der Waals surface area contributed by atoms with Gasteiger partial charge in [0.2, 0.25) is 5.91 Å². The lowest BCUT2D eigenvalue weighted by Crippen LogP contribution is -2.41. The molecular weight excluding hydrogens is 404 g/mol. The number of piperidine rings is 1. The second-order valence-electron chi connectivity index (χ2n) is 7.70. The quantitative estimate of drug-likeness (QED) is 0.523. The lowest BCUT2D eigenvalue weighted by atomic mass is 9.97. The van der Waals surface area contributed by atoms with Crippen molar-refractivity contribution in [2.45, 2.75) is 12.8 Å². The Kier molecular flexibility index (Phi) is 5.52. The first-order valence-electron chi connectivity index (χ1n) is 10.5. The van der Waals surface area contributed by atoms with Crippen molar-refractivity contribution in [3.63, 3.8) is 0 Å². The normalized spacial score (nSPS) is 16.0. The highest BCUT2D eigenvalue weighted by molar-refractivity contribution is 5.93. The molecule has 2 aromatic heterocycles. The number of rotatable bonds is 5. The van der Waals surface area contributed by atoms with Crippen LogP contribution in [0.15, 0.2) is 73.3 Å². The predicted molar refractivity (Wildman–Crippen MR) is 120 cm³/mol. The summed E-state index contributed by atoms with van der Waals surface area (Å²) in [4.78, 5) is 24.0. The Balaban J connectivity index is 1.25. The van der Waals surface area contributed by atoms with Gasteiger partial charge in [-0.05, 0) is 47.5 Å². The standard InChI is InChI=1S/C23H22N8O/c32-23(27-19-8-10-20(11-9-19)31-16-26-28-29-31)18-7-4-12-30(14-18)22-13-21(24-15-25-22)17-5-2-1-3-6-17/h1-3,5-6,8-11,13,15-16,18H,4,7,12,14H2,(H,27,32).